The van der Waals surface area contributed by atoms with Crippen LogP contribution in [0.3, 0.4) is 0 Å². The van der Waals surface area contributed by atoms with Crippen LogP contribution in [-0.4, -0.2) is 12.4 Å². The first-order valence-corrected chi connectivity index (χ1v) is 6.05. The van der Waals surface area contributed by atoms with Crippen molar-refractivity contribution >= 4 is 5.69 Å². The van der Waals surface area contributed by atoms with Crippen molar-refractivity contribution < 1.29 is 17.9 Å². The second-order valence-electron chi connectivity index (χ2n) is 4.84. The summed E-state index contributed by atoms with van der Waals surface area (Å²) in [5, 5.41) is 3.25. The molecule has 1 aromatic rings. The highest BCUT2D eigenvalue weighted by atomic mass is 19.4. The zero-order valence-corrected chi connectivity index (χ0v) is 10.1. The Labute approximate surface area is 104 Å². The summed E-state index contributed by atoms with van der Waals surface area (Å²) in [5.74, 6) is 0.496. The Morgan fingerprint density at radius 1 is 1.28 bits per heavy atom. The van der Waals surface area contributed by atoms with Crippen molar-refractivity contribution in [3.63, 3.8) is 0 Å². The van der Waals surface area contributed by atoms with Crippen molar-refractivity contribution in [3.05, 3.63) is 24.3 Å². The molecule has 0 saturated heterocycles. The molecule has 18 heavy (non-hydrogen) atoms. The van der Waals surface area contributed by atoms with Gasteiger partial charge in [0.1, 0.15) is 5.75 Å². The molecule has 2 nitrogen and oxygen atoms in total. The minimum Gasteiger partial charge on any atom is -0.406 e. The molecule has 0 heterocycles. The van der Waals surface area contributed by atoms with Gasteiger partial charge in [-0.2, -0.15) is 0 Å². The van der Waals surface area contributed by atoms with Crippen LogP contribution in [0, 0.1) is 5.92 Å². The summed E-state index contributed by atoms with van der Waals surface area (Å²) >= 11 is 0. The monoisotopic (exact) mass is 259 g/mol. The van der Waals surface area contributed by atoms with E-state index in [9.17, 15) is 13.2 Å². The van der Waals surface area contributed by atoms with Crippen LogP contribution in [0.5, 0.6) is 5.75 Å². The summed E-state index contributed by atoms with van der Waals surface area (Å²) in [4.78, 5) is 0. The third-order valence-corrected chi connectivity index (χ3v) is 3.13. The van der Waals surface area contributed by atoms with Crippen LogP contribution in [0.4, 0.5) is 18.9 Å². The molecule has 1 fully saturated rings. The molecule has 2 unspecified atom stereocenters. The van der Waals surface area contributed by atoms with E-state index in [1.54, 1.807) is 12.1 Å². The number of hydrogen-bond donors (Lipinski definition) is 1. The smallest absolute Gasteiger partial charge is 0.406 e. The fraction of sp³-hybridized carbons (Fsp3) is 0.538. The van der Waals surface area contributed by atoms with Gasteiger partial charge in [-0.05, 0) is 37.3 Å². The zero-order valence-electron chi connectivity index (χ0n) is 10.1. The van der Waals surface area contributed by atoms with Gasteiger partial charge < -0.3 is 10.1 Å². The molecular weight excluding hydrogens is 243 g/mol. The van der Waals surface area contributed by atoms with E-state index in [4.69, 9.17) is 0 Å². The Hall–Kier alpha value is -1.39. The molecule has 0 aromatic heterocycles. The molecule has 1 aliphatic carbocycles. The number of benzene rings is 1. The fourth-order valence-electron chi connectivity index (χ4n) is 2.36. The van der Waals surface area contributed by atoms with Crippen LogP contribution in [0.15, 0.2) is 24.3 Å². The van der Waals surface area contributed by atoms with Gasteiger partial charge in [0.15, 0.2) is 0 Å². The lowest BCUT2D eigenvalue weighted by Gasteiger charge is -2.15. The summed E-state index contributed by atoms with van der Waals surface area (Å²) < 4.78 is 40.1. The van der Waals surface area contributed by atoms with E-state index in [1.165, 1.54) is 12.1 Å². The molecule has 5 heteroatoms. The van der Waals surface area contributed by atoms with E-state index in [2.05, 4.69) is 17.0 Å². The van der Waals surface area contributed by atoms with Crippen molar-refractivity contribution in [2.24, 2.45) is 5.92 Å². The number of alkyl halides is 3. The van der Waals surface area contributed by atoms with Crippen LogP contribution >= 0.6 is 0 Å². The quantitative estimate of drug-likeness (QED) is 0.879. The second kappa shape index (κ2) is 5.08. The van der Waals surface area contributed by atoms with Gasteiger partial charge in [0, 0.05) is 17.8 Å². The molecule has 100 valence electrons. The molecule has 0 radical (unpaired) electrons. The standard InChI is InChI=1S/C13H16F3NO/c1-9-5-6-11(7-9)17-10-3-2-4-12(8-10)18-13(14,15)16/h2-4,8-9,11,17H,5-7H2,1H3. The lowest BCUT2D eigenvalue weighted by Crippen LogP contribution is -2.18. The van der Waals surface area contributed by atoms with Gasteiger partial charge in [0.05, 0.1) is 0 Å². The van der Waals surface area contributed by atoms with Crippen molar-refractivity contribution in [1.82, 2.24) is 0 Å². The van der Waals surface area contributed by atoms with Gasteiger partial charge in [-0.3, -0.25) is 0 Å². The highest BCUT2D eigenvalue weighted by Crippen LogP contribution is 2.29. The molecule has 2 rings (SSSR count). The molecule has 1 saturated carbocycles. The van der Waals surface area contributed by atoms with Gasteiger partial charge in [0.25, 0.3) is 0 Å². The summed E-state index contributed by atoms with van der Waals surface area (Å²) in [6, 6.07) is 6.35. The first-order valence-electron chi connectivity index (χ1n) is 6.05. The molecule has 1 N–H and O–H groups in total. The van der Waals surface area contributed by atoms with Crippen LogP contribution < -0.4 is 10.1 Å². The van der Waals surface area contributed by atoms with E-state index in [1.807, 2.05) is 0 Å². The zero-order chi connectivity index (χ0) is 13.2. The lowest BCUT2D eigenvalue weighted by atomic mass is 10.1. The Balaban J connectivity index is 1.99. The van der Waals surface area contributed by atoms with E-state index >= 15 is 0 Å². The number of anilines is 1. The van der Waals surface area contributed by atoms with E-state index in [-0.39, 0.29) is 5.75 Å². The molecule has 0 amide bonds. The number of halogens is 3. The number of nitrogens with one attached hydrogen (secondary N) is 1. The Morgan fingerprint density at radius 3 is 2.67 bits per heavy atom. The van der Waals surface area contributed by atoms with Crippen LogP contribution in [-0.2, 0) is 0 Å². The maximum absolute atomic E-state index is 12.1. The maximum atomic E-state index is 12.1. The van der Waals surface area contributed by atoms with E-state index < -0.39 is 6.36 Å². The van der Waals surface area contributed by atoms with Crippen LogP contribution in [0.25, 0.3) is 0 Å². The number of hydrogen-bond acceptors (Lipinski definition) is 2. The Kier molecular flexibility index (Phi) is 3.68. The third-order valence-electron chi connectivity index (χ3n) is 3.13. The highest BCUT2D eigenvalue weighted by Gasteiger charge is 2.31. The predicted octanol–water partition coefficient (Wildman–Crippen LogP) is 4.19. The fourth-order valence-corrected chi connectivity index (χ4v) is 2.36. The van der Waals surface area contributed by atoms with E-state index in [0.717, 1.165) is 19.3 Å². The summed E-state index contributed by atoms with van der Waals surface area (Å²) in [7, 11) is 0. The lowest BCUT2D eigenvalue weighted by molar-refractivity contribution is -0.274. The molecule has 1 aliphatic rings. The van der Waals surface area contributed by atoms with E-state index in [0.29, 0.717) is 17.6 Å². The van der Waals surface area contributed by atoms with Crippen molar-refractivity contribution in [2.75, 3.05) is 5.32 Å². The number of rotatable bonds is 3. The first-order chi connectivity index (χ1) is 8.42. The summed E-state index contributed by atoms with van der Waals surface area (Å²) in [6.07, 6.45) is -1.35. The van der Waals surface area contributed by atoms with Crippen molar-refractivity contribution in [2.45, 2.75) is 38.6 Å². The van der Waals surface area contributed by atoms with Gasteiger partial charge in [-0.25, -0.2) is 0 Å². The molecule has 2 atom stereocenters. The summed E-state index contributed by atoms with van der Waals surface area (Å²) in [6.45, 7) is 2.19. The number of ether oxygens (including phenoxy) is 1. The van der Waals surface area contributed by atoms with Crippen LogP contribution in [0.2, 0.25) is 0 Å². The SMILES string of the molecule is CC1CCC(Nc2cccc(OC(F)(F)F)c2)C1. The topological polar surface area (TPSA) is 21.3 Å². The van der Waals surface area contributed by atoms with Gasteiger partial charge in [0.2, 0.25) is 0 Å². The average molecular weight is 259 g/mol. The largest absolute Gasteiger partial charge is 0.573 e. The molecule has 0 bridgehead atoms. The third kappa shape index (κ3) is 3.82. The Bertz CT molecular complexity index is 405. The molecule has 0 spiro atoms. The van der Waals surface area contributed by atoms with Crippen LogP contribution in [0.1, 0.15) is 26.2 Å². The minimum absolute atomic E-state index is 0.182. The molecular formula is C13H16F3NO. The average Bonchev–Trinajstić information content (AvgIpc) is 2.62. The molecule has 0 aliphatic heterocycles. The maximum Gasteiger partial charge on any atom is 0.573 e. The minimum atomic E-state index is -4.64. The summed E-state index contributed by atoms with van der Waals surface area (Å²) in [5.41, 5.74) is 0.677. The highest BCUT2D eigenvalue weighted by molar-refractivity contribution is 5.49. The van der Waals surface area contributed by atoms with Gasteiger partial charge in [-0.1, -0.05) is 13.0 Å². The Morgan fingerprint density at radius 2 is 2.06 bits per heavy atom. The normalized spacial score (nSPS) is 24.0. The van der Waals surface area contributed by atoms with Crippen molar-refractivity contribution in [3.8, 4) is 5.75 Å². The van der Waals surface area contributed by atoms with Crippen molar-refractivity contribution in [1.29, 1.82) is 0 Å². The second-order valence-corrected chi connectivity index (χ2v) is 4.84. The van der Waals surface area contributed by atoms with Gasteiger partial charge in [-0.15, -0.1) is 13.2 Å². The van der Waals surface area contributed by atoms with Gasteiger partial charge >= 0.3 is 6.36 Å². The predicted molar refractivity (Wildman–Crippen MR) is 63.6 cm³/mol. The molecule has 1 aromatic carbocycles. The first kappa shape index (κ1) is 13.1.